The van der Waals surface area contributed by atoms with E-state index in [1.165, 1.54) is 6.21 Å². The number of halogens is 1. The lowest BCUT2D eigenvalue weighted by molar-refractivity contribution is -0.120. The molecule has 2 rings (SSSR count). The molecule has 6 nitrogen and oxygen atoms in total. The monoisotopic (exact) mass is 444 g/mol. The molecule has 28 heavy (non-hydrogen) atoms. The number of nitrogens with zero attached hydrogens (tertiary/aromatic N) is 1. The maximum absolute atomic E-state index is 11.9. The first-order chi connectivity index (χ1) is 13.5. The Morgan fingerprint density at radius 3 is 2.71 bits per heavy atom. The zero-order chi connectivity index (χ0) is 20.4. The number of benzene rings is 2. The minimum atomic E-state index is -0.296. The largest absolute Gasteiger partial charge is 0.490 e. The number of carbonyl (C=O) groups is 1. The van der Waals surface area contributed by atoms with Crippen LogP contribution in [0.25, 0.3) is 0 Å². The molecule has 1 N–H and O–H groups in total. The number of nitrogens with one attached hydrogen (secondary N) is 1. The Morgan fingerprint density at radius 1 is 1.29 bits per heavy atom. The second-order valence-electron chi connectivity index (χ2n) is 5.68. The van der Waals surface area contributed by atoms with E-state index in [2.05, 4.69) is 32.3 Å². The molecule has 0 spiro atoms. The summed E-state index contributed by atoms with van der Waals surface area (Å²) in [5, 5.41) is 6.57. The maximum atomic E-state index is 11.9. The first kappa shape index (κ1) is 21.3. The standard InChI is InChI=1S/C21H21BrN2O4/c1-4-10-27-21-18(22)11-16(12-19(21)26-5-2)13-23-28-14-20(25)24-17-8-6-15(3)7-9-17/h1,6-9,11-13H,5,10,14H2,2-3H3,(H,24,25)/b23-13+. The van der Waals surface area contributed by atoms with Gasteiger partial charge < -0.3 is 19.6 Å². The van der Waals surface area contributed by atoms with Gasteiger partial charge in [-0.05, 0) is 54.0 Å². The van der Waals surface area contributed by atoms with Crippen LogP contribution in [0.2, 0.25) is 0 Å². The van der Waals surface area contributed by atoms with E-state index in [1.807, 2.05) is 38.1 Å². The second-order valence-corrected chi connectivity index (χ2v) is 6.53. The minimum absolute atomic E-state index is 0.130. The second kappa shape index (κ2) is 11.0. The van der Waals surface area contributed by atoms with Crippen molar-refractivity contribution in [2.24, 2.45) is 5.16 Å². The fraction of sp³-hybridized carbons (Fsp3) is 0.238. The van der Waals surface area contributed by atoms with Gasteiger partial charge in [-0.3, -0.25) is 4.79 Å². The molecule has 0 aliphatic rings. The molecule has 0 radical (unpaired) electrons. The molecule has 0 aromatic heterocycles. The molecule has 7 heteroatoms. The lowest BCUT2D eigenvalue weighted by atomic mass is 10.2. The Labute approximate surface area is 173 Å². The Balaban J connectivity index is 1.94. The number of anilines is 1. The number of oxime groups is 1. The highest BCUT2D eigenvalue weighted by Crippen LogP contribution is 2.36. The van der Waals surface area contributed by atoms with Gasteiger partial charge in [0.15, 0.2) is 18.1 Å². The molecular weight excluding hydrogens is 424 g/mol. The van der Waals surface area contributed by atoms with Crippen molar-refractivity contribution in [3.05, 3.63) is 52.0 Å². The molecule has 0 atom stereocenters. The van der Waals surface area contributed by atoms with Crippen LogP contribution in [-0.4, -0.2) is 31.9 Å². The fourth-order valence-electron chi connectivity index (χ4n) is 2.21. The van der Waals surface area contributed by atoms with Gasteiger partial charge in [0.25, 0.3) is 5.91 Å². The van der Waals surface area contributed by atoms with Gasteiger partial charge in [-0.15, -0.1) is 6.42 Å². The molecule has 0 saturated heterocycles. The smallest absolute Gasteiger partial charge is 0.265 e. The first-order valence-corrected chi connectivity index (χ1v) is 9.37. The molecule has 146 valence electrons. The van der Waals surface area contributed by atoms with Crippen molar-refractivity contribution in [2.45, 2.75) is 13.8 Å². The normalized spacial score (nSPS) is 10.4. The summed E-state index contributed by atoms with van der Waals surface area (Å²) in [7, 11) is 0. The molecule has 0 bridgehead atoms. The Bertz CT molecular complexity index is 873. The van der Waals surface area contributed by atoms with Crippen molar-refractivity contribution in [3.63, 3.8) is 0 Å². The third kappa shape index (κ3) is 6.63. The van der Waals surface area contributed by atoms with Gasteiger partial charge in [0, 0.05) is 11.3 Å². The van der Waals surface area contributed by atoms with Crippen LogP contribution in [-0.2, 0) is 9.63 Å². The SMILES string of the molecule is C#CCOc1c(Br)cc(/C=N/OCC(=O)Nc2ccc(C)cc2)cc1OCC. The van der Waals surface area contributed by atoms with E-state index < -0.39 is 0 Å². The number of hydrogen-bond donors (Lipinski definition) is 1. The highest BCUT2D eigenvalue weighted by Gasteiger charge is 2.11. The number of rotatable bonds is 9. The van der Waals surface area contributed by atoms with Crippen LogP contribution in [0.4, 0.5) is 5.69 Å². The van der Waals surface area contributed by atoms with Crippen molar-refractivity contribution in [1.29, 1.82) is 0 Å². The molecule has 2 aromatic rings. The van der Waals surface area contributed by atoms with Crippen LogP contribution >= 0.6 is 15.9 Å². The lowest BCUT2D eigenvalue weighted by Gasteiger charge is -2.13. The average Bonchev–Trinajstić information content (AvgIpc) is 2.67. The number of terminal acetylenes is 1. The van der Waals surface area contributed by atoms with Crippen LogP contribution in [0.15, 0.2) is 46.0 Å². The van der Waals surface area contributed by atoms with E-state index >= 15 is 0 Å². The minimum Gasteiger partial charge on any atom is -0.490 e. The summed E-state index contributed by atoms with van der Waals surface area (Å²) >= 11 is 3.43. The Kier molecular flexibility index (Phi) is 8.37. The third-order valence-corrected chi connectivity index (χ3v) is 4.03. The number of ether oxygens (including phenoxy) is 2. The molecule has 2 aromatic carbocycles. The van der Waals surface area contributed by atoms with Crippen LogP contribution in [0, 0.1) is 19.3 Å². The van der Waals surface area contributed by atoms with Gasteiger partial charge in [0.2, 0.25) is 0 Å². The molecule has 0 aliphatic carbocycles. The van der Waals surface area contributed by atoms with E-state index in [1.54, 1.807) is 12.1 Å². The highest BCUT2D eigenvalue weighted by molar-refractivity contribution is 9.10. The highest BCUT2D eigenvalue weighted by atomic mass is 79.9. The Morgan fingerprint density at radius 2 is 2.04 bits per heavy atom. The predicted molar refractivity (Wildman–Crippen MR) is 113 cm³/mol. The molecular formula is C21H21BrN2O4. The van der Waals surface area contributed by atoms with Crippen molar-refractivity contribution >= 4 is 33.7 Å². The third-order valence-electron chi connectivity index (χ3n) is 3.44. The van der Waals surface area contributed by atoms with Crippen LogP contribution < -0.4 is 14.8 Å². The van der Waals surface area contributed by atoms with Crippen molar-refractivity contribution in [2.75, 3.05) is 25.1 Å². The first-order valence-electron chi connectivity index (χ1n) is 8.58. The van der Waals surface area contributed by atoms with Gasteiger partial charge in [0.1, 0.15) is 6.61 Å². The molecule has 0 saturated carbocycles. The van der Waals surface area contributed by atoms with Crippen LogP contribution in [0.5, 0.6) is 11.5 Å². The van der Waals surface area contributed by atoms with E-state index in [0.29, 0.717) is 33.8 Å². The van der Waals surface area contributed by atoms with E-state index in [-0.39, 0.29) is 19.1 Å². The number of carbonyl (C=O) groups excluding carboxylic acids is 1. The van der Waals surface area contributed by atoms with Crippen LogP contribution in [0.3, 0.4) is 0 Å². The van der Waals surface area contributed by atoms with Gasteiger partial charge in [-0.1, -0.05) is 28.8 Å². The van der Waals surface area contributed by atoms with Crippen molar-refractivity contribution in [3.8, 4) is 23.8 Å². The number of aryl methyl sites for hydroxylation is 1. The molecule has 1 amide bonds. The molecule has 0 heterocycles. The molecule has 0 aliphatic heterocycles. The quantitative estimate of drug-likeness (QED) is 0.358. The lowest BCUT2D eigenvalue weighted by Crippen LogP contribution is -2.16. The number of amides is 1. The van der Waals surface area contributed by atoms with E-state index in [9.17, 15) is 4.79 Å². The summed E-state index contributed by atoms with van der Waals surface area (Å²) in [5.74, 6) is 3.18. The molecule has 0 unspecified atom stereocenters. The Hall–Kier alpha value is -2.98. The van der Waals surface area contributed by atoms with Gasteiger partial charge >= 0.3 is 0 Å². The van der Waals surface area contributed by atoms with E-state index in [4.69, 9.17) is 20.7 Å². The van der Waals surface area contributed by atoms with Crippen LogP contribution in [0.1, 0.15) is 18.1 Å². The fourth-order valence-corrected chi connectivity index (χ4v) is 2.78. The zero-order valence-electron chi connectivity index (χ0n) is 15.7. The van der Waals surface area contributed by atoms with Crippen molar-refractivity contribution in [1.82, 2.24) is 0 Å². The summed E-state index contributed by atoms with van der Waals surface area (Å²) in [6, 6.07) is 11.0. The summed E-state index contributed by atoms with van der Waals surface area (Å²) in [5.41, 5.74) is 2.53. The topological polar surface area (TPSA) is 69.2 Å². The average molecular weight is 445 g/mol. The van der Waals surface area contributed by atoms with Gasteiger partial charge in [-0.25, -0.2) is 0 Å². The summed E-state index contributed by atoms with van der Waals surface area (Å²) in [6.07, 6.45) is 6.72. The maximum Gasteiger partial charge on any atom is 0.265 e. The van der Waals surface area contributed by atoms with Gasteiger partial charge in [-0.2, -0.15) is 0 Å². The summed E-state index contributed by atoms with van der Waals surface area (Å²) in [6.45, 7) is 4.25. The summed E-state index contributed by atoms with van der Waals surface area (Å²) < 4.78 is 11.8. The van der Waals surface area contributed by atoms with E-state index in [0.717, 1.165) is 5.56 Å². The van der Waals surface area contributed by atoms with Crippen molar-refractivity contribution < 1.29 is 19.1 Å². The molecule has 0 fully saturated rings. The zero-order valence-corrected chi connectivity index (χ0v) is 17.3. The summed E-state index contributed by atoms with van der Waals surface area (Å²) in [4.78, 5) is 17.0. The predicted octanol–water partition coefficient (Wildman–Crippen LogP) is 4.16. The number of hydrogen-bond acceptors (Lipinski definition) is 5. The van der Waals surface area contributed by atoms with Gasteiger partial charge in [0.05, 0.1) is 17.3 Å².